The van der Waals surface area contributed by atoms with E-state index in [9.17, 15) is 4.79 Å². The third kappa shape index (κ3) is 4.20. The summed E-state index contributed by atoms with van der Waals surface area (Å²) in [4.78, 5) is 17.2. The lowest BCUT2D eigenvalue weighted by Gasteiger charge is -2.37. The molecule has 6 nitrogen and oxygen atoms in total. The van der Waals surface area contributed by atoms with Crippen molar-refractivity contribution in [2.24, 2.45) is 0 Å². The molecule has 1 aromatic carbocycles. The molecule has 1 fully saturated rings. The summed E-state index contributed by atoms with van der Waals surface area (Å²) in [5.41, 5.74) is 8.17. The van der Waals surface area contributed by atoms with Crippen LogP contribution in [0.2, 0.25) is 0 Å². The average molecular weight is 341 g/mol. The van der Waals surface area contributed by atoms with E-state index < -0.39 is 0 Å². The van der Waals surface area contributed by atoms with Crippen molar-refractivity contribution >= 4 is 11.6 Å². The Labute approximate surface area is 149 Å². The highest BCUT2D eigenvalue weighted by atomic mass is 16.2. The van der Waals surface area contributed by atoms with Crippen LogP contribution in [-0.2, 0) is 6.54 Å². The second-order valence-electron chi connectivity index (χ2n) is 6.83. The monoisotopic (exact) mass is 341 g/mol. The maximum atomic E-state index is 12.8. The Bertz CT molecular complexity index is 705. The van der Waals surface area contributed by atoms with E-state index in [1.54, 1.807) is 6.07 Å². The second kappa shape index (κ2) is 7.70. The van der Waals surface area contributed by atoms with Gasteiger partial charge < -0.3 is 15.5 Å². The van der Waals surface area contributed by atoms with E-state index in [0.717, 1.165) is 44.6 Å². The number of likely N-dealkylation sites (tertiary alicyclic amines) is 1. The predicted molar refractivity (Wildman–Crippen MR) is 99.4 cm³/mol. The lowest BCUT2D eigenvalue weighted by molar-refractivity contribution is 0.0638. The molecule has 1 saturated heterocycles. The van der Waals surface area contributed by atoms with Crippen LogP contribution in [0.4, 0.5) is 5.69 Å². The normalized spacial score (nSPS) is 16.1. The van der Waals surface area contributed by atoms with Crippen molar-refractivity contribution in [1.29, 1.82) is 0 Å². The molecule has 134 valence electrons. The third-order valence-electron chi connectivity index (χ3n) is 5.12. The molecule has 1 amide bonds. The highest BCUT2D eigenvalue weighted by molar-refractivity contribution is 5.96. The number of anilines is 1. The van der Waals surface area contributed by atoms with Crippen molar-refractivity contribution < 1.29 is 4.79 Å². The van der Waals surface area contributed by atoms with Gasteiger partial charge in [0.25, 0.3) is 5.91 Å². The summed E-state index contributed by atoms with van der Waals surface area (Å²) < 4.78 is 1.96. The van der Waals surface area contributed by atoms with Crippen molar-refractivity contribution in [3.05, 3.63) is 47.8 Å². The van der Waals surface area contributed by atoms with Gasteiger partial charge in [-0.2, -0.15) is 5.10 Å². The van der Waals surface area contributed by atoms with Gasteiger partial charge in [0.1, 0.15) is 0 Å². The van der Waals surface area contributed by atoms with Gasteiger partial charge in [0.2, 0.25) is 0 Å². The molecule has 1 aliphatic rings. The number of carbonyl (C=O) groups is 1. The van der Waals surface area contributed by atoms with Gasteiger partial charge in [-0.15, -0.1) is 0 Å². The van der Waals surface area contributed by atoms with Crippen LogP contribution in [0.3, 0.4) is 0 Å². The van der Waals surface area contributed by atoms with Gasteiger partial charge in [0.15, 0.2) is 0 Å². The molecule has 3 rings (SSSR count). The number of hydrogen-bond donors (Lipinski definition) is 1. The number of nitrogens with two attached hydrogens (primary N) is 1. The number of carbonyl (C=O) groups excluding carboxylic acids is 1. The van der Waals surface area contributed by atoms with Gasteiger partial charge in [-0.05, 0) is 43.5 Å². The fraction of sp³-hybridized carbons (Fsp3) is 0.474. The highest BCUT2D eigenvalue weighted by Gasteiger charge is 2.26. The largest absolute Gasteiger partial charge is 0.399 e. The molecule has 2 N–H and O–H groups in total. The molecule has 1 aliphatic heterocycles. The van der Waals surface area contributed by atoms with Gasteiger partial charge in [0, 0.05) is 56.4 Å². The van der Waals surface area contributed by atoms with E-state index in [2.05, 4.69) is 10.00 Å². The molecule has 0 saturated carbocycles. The van der Waals surface area contributed by atoms with E-state index in [-0.39, 0.29) is 11.9 Å². The smallest absolute Gasteiger partial charge is 0.254 e. The minimum absolute atomic E-state index is 0.0693. The van der Waals surface area contributed by atoms with Gasteiger partial charge in [-0.1, -0.05) is 6.07 Å². The second-order valence-corrected chi connectivity index (χ2v) is 6.83. The molecular formula is C19H27N5O. The van der Waals surface area contributed by atoms with Crippen molar-refractivity contribution in [3.63, 3.8) is 0 Å². The van der Waals surface area contributed by atoms with Crippen LogP contribution in [0.1, 0.15) is 28.8 Å². The maximum Gasteiger partial charge on any atom is 0.254 e. The Balaban J connectivity index is 1.53. The molecule has 0 aliphatic carbocycles. The summed E-state index contributed by atoms with van der Waals surface area (Å²) in [6, 6.07) is 7.77. The Morgan fingerprint density at radius 3 is 2.76 bits per heavy atom. The molecule has 0 bridgehead atoms. The van der Waals surface area contributed by atoms with Crippen LogP contribution in [0.5, 0.6) is 0 Å². The predicted octanol–water partition coefficient (Wildman–Crippen LogP) is 2.01. The van der Waals surface area contributed by atoms with E-state index in [1.807, 2.05) is 54.1 Å². The molecule has 0 spiro atoms. The van der Waals surface area contributed by atoms with Crippen molar-refractivity contribution in [2.75, 3.05) is 32.4 Å². The van der Waals surface area contributed by atoms with E-state index in [1.165, 1.54) is 0 Å². The molecule has 0 radical (unpaired) electrons. The van der Waals surface area contributed by atoms with Crippen LogP contribution in [0, 0.1) is 6.92 Å². The zero-order valence-electron chi connectivity index (χ0n) is 15.1. The quantitative estimate of drug-likeness (QED) is 0.845. The first kappa shape index (κ1) is 17.5. The summed E-state index contributed by atoms with van der Waals surface area (Å²) in [7, 11) is 1.91. The zero-order valence-corrected chi connectivity index (χ0v) is 15.1. The Morgan fingerprint density at radius 1 is 1.32 bits per heavy atom. The number of rotatable bonds is 5. The number of nitrogen functional groups attached to an aromatic ring is 1. The number of hydrogen-bond acceptors (Lipinski definition) is 4. The molecule has 25 heavy (non-hydrogen) atoms. The first-order valence-corrected chi connectivity index (χ1v) is 8.87. The van der Waals surface area contributed by atoms with E-state index in [4.69, 9.17) is 5.73 Å². The lowest BCUT2D eigenvalue weighted by atomic mass is 10.0. The highest BCUT2D eigenvalue weighted by Crippen LogP contribution is 2.20. The molecule has 0 unspecified atom stereocenters. The van der Waals surface area contributed by atoms with Gasteiger partial charge in [0.05, 0.1) is 6.54 Å². The fourth-order valence-electron chi connectivity index (χ4n) is 3.43. The number of nitrogens with zero attached hydrogens (tertiary/aromatic N) is 4. The first-order chi connectivity index (χ1) is 12.0. The minimum Gasteiger partial charge on any atom is -0.399 e. The summed E-state index contributed by atoms with van der Waals surface area (Å²) in [6.07, 6.45) is 5.81. The average Bonchev–Trinajstić information content (AvgIpc) is 3.15. The van der Waals surface area contributed by atoms with E-state index >= 15 is 0 Å². The molecule has 1 aromatic heterocycles. The Kier molecular flexibility index (Phi) is 5.38. The van der Waals surface area contributed by atoms with Gasteiger partial charge >= 0.3 is 0 Å². The maximum absolute atomic E-state index is 12.8. The Morgan fingerprint density at radius 2 is 2.08 bits per heavy atom. The number of benzene rings is 1. The standard InChI is InChI=1S/C19H27N5O/c1-15-4-5-16(20)14-18(15)19(25)22(2)17-6-10-23(11-7-17)12-13-24-9-3-8-21-24/h3-5,8-9,14,17H,6-7,10-13,20H2,1-2H3. The number of amides is 1. The number of aryl methyl sites for hydroxylation is 1. The zero-order chi connectivity index (χ0) is 17.8. The molecule has 2 aromatic rings. The van der Waals surface area contributed by atoms with Crippen molar-refractivity contribution in [1.82, 2.24) is 19.6 Å². The molecule has 2 heterocycles. The van der Waals surface area contributed by atoms with Crippen LogP contribution < -0.4 is 5.73 Å². The lowest BCUT2D eigenvalue weighted by Crippen LogP contribution is -2.46. The summed E-state index contributed by atoms with van der Waals surface area (Å²) in [6.45, 7) is 5.90. The van der Waals surface area contributed by atoms with Crippen molar-refractivity contribution in [2.45, 2.75) is 32.4 Å². The SMILES string of the molecule is Cc1ccc(N)cc1C(=O)N(C)C1CCN(CCn2cccn2)CC1. The number of piperidine rings is 1. The third-order valence-corrected chi connectivity index (χ3v) is 5.12. The van der Waals surface area contributed by atoms with Gasteiger partial charge in [-0.25, -0.2) is 0 Å². The first-order valence-electron chi connectivity index (χ1n) is 8.87. The topological polar surface area (TPSA) is 67.4 Å². The van der Waals surface area contributed by atoms with Gasteiger partial charge in [-0.3, -0.25) is 9.48 Å². The van der Waals surface area contributed by atoms with Crippen LogP contribution >= 0.6 is 0 Å². The fourth-order valence-corrected chi connectivity index (χ4v) is 3.43. The minimum atomic E-state index is 0.0693. The Hall–Kier alpha value is -2.34. The summed E-state index contributed by atoms with van der Waals surface area (Å²) >= 11 is 0. The van der Waals surface area contributed by atoms with Crippen LogP contribution in [0.25, 0.3) is 0 Å². The number of aromatic nitrogens is 2. The molecular weight excluding hydrogens is 314 g/mol. The molecule has 0 atom stereocenters. The van der Waals surface area contributed by atoms with Crippen LogP contribution in [0.15, 0.2) is 36.7 Å². The van der Waals surface area contributed by atoms with Crippen molar-refractivity contribution in [3.8, 4) is 0 Å². The molecule has 6 heteroatoms. The summed E-state index contributed by atoms with van der Waals surface area (Å²) in [5, 5.41) is 4.24. The summed E-state index contributed by atoms with van der Waals surface area (Å²) in [5.74, 6) is 0.0693. The van der Waals surface area contributed by atoms with Crippen LogP contribution in [-0.4, -0.2) is 58.2 Å². The van der Waals surface area contributed by atoms with E-state index in [0.29, 0.717) is 11.3 Å².